The van der Waals surface area contributed by atoms with Crippen LogP contribution < -0.4 is 5.32 Å². The summed E-state index contributed by atoms with van der Waals surface area (Å²) in [6, 6.07) is 4.64. The number of hydrogen-bond acceptors (Lipinski definition) is 1. The van der Waals surface area contributed by atoms with Crippen LogP contribution in [0.3, 0.4) is 0 Å². The lowest BCUT2D eigenvalue weighted by atomic mass is 9.94. The fourth-order valence-electron chi connectivity index (χ4n) is 2.38. The zero-order valence-corrected chi connectivity index (χ0v) is 18.4. The van der Waals surface area contributed by atoms with Crippen LogP contribution >= 0.6 is 45.2 Å². The Morgan fingerprint density at radius 1 is 0.931 bits per heavy atom. The fraction of sp³-hybridized carbons (Fsp3) is 0.235. The largest absolute Gasteiger partial charge is 0.435 e. The van der Waals surface area contributed by atoms with E-state index in [2.05, 4.69) is 5.32 Å². The van der Waals surface area contributed by atoms with Gasteiger partial charge in [-0.2, -0.15) is 26.3 Å². The molecule has 1 amide bonds. The molecule has 0 spiro atoms. The lowest BCUT2D eigenvalue weighted by Crippen LogP contribution is -2.50. The third kappa shape index (κ3) is 4.46. The van der Waals surface area contributed by atoms with E-state index in [1.807, 2.05) is 0 Å². The van der Waals surface area contributed by atoms with E-state index in [0.717, 1.165) is 6.07 Å². The van der Waals surface area contributed by atoms with Gasteiger partial charge in [0, 0.05) is 12.7 Å². The SMILES string of the molecule is Cc1cccc(C(=O)Nc2c(I)cc(C(F)(C(F)(F)F)C(F)(F)F)cc2I)c1F. The van der Waals surface area contributed by atoms with Crippen molar-refractivity contribution in [1.29, 1.82) is 0 Å². The van der Waals surface area contributed by atoms with Gasteiger partial charge in [0.25, 0.3) is 5.91 Å². The highest BCUT2D eigenvalue weighted by Crippen LogP contribution is 2.54. The minimum Gasteiger partial charge on any atom is -0.320 e. The molecule has 0 bridgehead atoms. The quantitative estimate of drug-likeness (QED) is 0.285. The van der Waals surface area contributed by atoms with Gasteiger partial charge in [0.05, 0.1) is 11.3 Å². The summed E-state index contributed by atoms with van der Waals surface area (Å²) in [6.45, 7) is 1.41. The molecule has 1 N–H and O–H groups in total. The van der Waals surface area contributed by atoms with Crippen LogP contribution in [0.5, 0.6) is 0 Å². The van der Waals surface area contributed by atoms with E-state index in [9.17, 15) is 39.9 Å². The molecule has 0 atom stereocenters. The Morgan fingerprint density at radius 3 is 1.86 bits per heavy atom. The number of carbonyl (C=O) groups is 1. The maximum absolute atomic E-state index is 14.3. The van der Waals surface area contributed by atoms with Gasteiger partial charge in [-0.15, -0.1) is 0 Å². The van der Waals surface area contributed by atoms with E-state index in [-0.39, 0.29) is 24.0 Å². The Labute approximate surface area is 186 Å². The molecule has 0 saturated carbocycles. The summed E-state index contributed by atoms with van der Waals surface area (Å²) >= 11 is 2.72. The Balaban J connectivity index is 2.52. The molecule has 0 heterocycles. The van der Waals surface area contributed by atoms with Gasteiger partial charge in [0.15, 0.2) is 0 Å². The summed E-state index contributed by atoms with van der Waals surface area (Å²) in [5, 5.41) is 2.24. The van der Waals surface area contributed by atoms with Crippen molar-refractivity contribution in [2.45, 2.75) is 24.9 Å². The summed E-state index contributed by atoms with van der Waals surface area (Å²) in [6.07, 6.45) is -12.5. The molecule has 0 radical (unpaired) electrons. The molecule has 29 heavy (non-hydrogen) atoms. The van der Waals surface area contributed by atoms with Crippen molar-refractivity contribution < 1.29 is 39.9 Å². The van der Waals surface area contributed by atoms with Gasteiger partial charge in [0.1, 0.15) is 5.82 Å². The standard InChI is InChI=1S/C17H9F8I2NO/c1-7-3-2-4-9(12(7)18)14(29)28-13-10(26)5-8(6-11(13)27)15(19,16(20,21)22)17(23,24)25/h2-6H,1H3,(H,28,29). The molecular formula is C17H9F8I2NO. The van der Waals surface area contributed by atoms with Gasteiger partial charge < -0.3 is 5.32 Å². The Kier molecular flexibility index (Phi) is 6.77. The molecule has 0 aliphatic rings. The van der Waals surface area contributed by atoms with Gasteiger partial charge in [-0.25, -0.2) is 8.78 Å². The van der Waals surface area contributed by atoms with Gasteiger partial charge in [0.2, 0.25) is 0 Å². The highest BCUT2D eigenvalue weighted by molar-refractivity contribution is 14.1. The minimum absolute atomic E-state index is 0.162. The van der Waals surface area contributed by atoms with Crippen LogP contribution in [0.15, 0.2) is 30.3 Å². The number of hydrogen-bond donors (Lipinski definition) is 1. The molecule has 2 aromatic carbocycles. The number of halogens is 10. The highest BCUT2D eigenvalue weighted by Gasteiger charge is 2.73. The minimum atomic E-state index is -6.26. The second-order valence-corrected chi connectivity index (χ2v) is 8.18. The number of alkyl halides is 7. The van der Waals surface area contributed by atoms with Gasteiger partial charge >= 0.3 is 18.0 Å². The third-order valence-electron chi connectivity index (χ3n) is 3.90. The van der Waals surface area contributed by atoms with E-state index in [0.29, 0.717) is 12.1 Å². The number of carbonyl (C=O) groups excluding carboxylic acids is 1. The molecule has 12 heteroatoms. The van der Waals surface area contributed by atoms with Crippen LogP contribution in [-0.4, -0.2) is 18.3 Å². The first-order valence-corrected chi connectivity index (χ1v) is 9.65. The summed E-state index contributed by atoms with van der Waals surface area (Å²) in [5.41, 5.74) is -7.65. The normalized spacial score (nSPS) is 12.8. The topological polar surface area (TPSA) is 29.1 Å². The van der Waals surface area contributed by atoms with Crippen molar-refractivity contribution in [2.75, 3.05) is 5.32 Å². The summed E-state index contributed by atoms with van der Waals surface area (Å²) < 4.78 is 105. The van der Waals surface area contributed by atoms with E-state index in [1.165, 1.54) is 64.2 Å². The molecule has 0 aromatic heterocycles. The number of benzene rings is 2. The van der Waals surface area contributed by atoms with Crippen LogP contribution in [0.1, 0.15) is 21.5 Å². The Hall–Kier alpha value is -1.19. The number of rotatable bonds is 3. The van der Waals surface area contributed by atoms with E-state index in [1.54, 1.807) is 0 Å². The van der Waals surface area contributed by atoms with E-state index >= 15 is 0 Å². The van der Waals surface area contributed by atoms with Crippen molar-refractivity contribution >= 4 is 56.8 Å². The van der Waals surface area contributed by atoms with Crippen LogP contribution in [0.2, 0.25) is 0 Å². The second kappa shape index (κ2) is 8.15. The number of nitrogens with one attached hydrogen (secondary N) is 1. The lowest BCUT2D eigenvalue weighted by molar-refractivity contribution is -0.348. The Bertz CT molecular complexity index is 918. The van der Waals surface area contributed by atoms with Crippen molar-refractivity contribution in [3.63, 3.8) is 0 Å². The van der Waals surface area contributed by atoms with Crippen molar-refractivity contribution in [3.8, 4) is 0 Å². The fourth-order valence-corrected chi connectivity index (χ4v) is 4.42. The molecule has 0 aliphatic heterocycles. The van der Waals surface area contributed by atoms with Crippen molar-refractivity contribution in [3.05, 3.63) is 60.0 Å². The maximum Gasteiger partial charge on any atom is 0.435 e. The second-order valence-electron chi connectivity index (χ2n) is 5.86. The molecule has 2 nitrogen and oxygen atoms in total. The zero-order valence-electron chi connectivity index (χ0n) is 14.1. The molecule has 0 saturated heterocycles. The molecule has 0 fully saturated rings. The smallest absolute Gasteiger partial charge is 0.320 e. The molecular weight excluding hydrogens is 640 g/mol. The number of aryl methyl sites for hydroxylation is 1. The third-order valence-corrected chi connectivity index (χ3v) is 5.60. The van der Waals surface area contributed by atoms with Gasteiger partial charge in [-0.05, 0) is 75.9 Å². The summed E-state index contributed by atoms with van der Waals surface area (Å²) in [5.74, 6) is -1.79. The van der Waals surface area contributed by atoms with Crippen LogP contribution in [0, 0.1) is 19.9 Å². The van der Waals surface area contributed by atoms with Crippen molar-refractivity contribution in [2.24, 2.45) is 0 Å². The zero-order chi connectivity index (χ0) is 22.4. The van der Waals surface area contributed by atoms with E-state index in [4.69, 9.17) is 0 Å². The molecule has 158 valence electrons. The molecule has 0 unspecified atom stereocenters. The maximum atomic E-state index is 14.3. The summed E-state index contributed by atoms with van der Waals surface area (Å²) in [7, 11) is 0. The predicted octanol–water partition coefficient (Wildman–Crippen LogP) is 6.89. The molecule has 2 aromatic rings. The van der Waals surface area contributed by atoms with Crippen LogP contribution in [0.25, 0.3) is 0 Å². The predicted molar refractivity (Wildman–Crippen MR) is 106 cm³/mol. The first-order valence-electron chi connectivity index (χ1n) is 7.49. The Morgan fingerprint density at radius 2 is 1.41 bits per heavy atom. The van der Waals surface area contributed by atoms with Crippen molar-refractivity contribution in [1.82, 2.24) is 0 Å². The van der Waals surface area contributed by atoms with Gasteiger partial charge in [-0.3, -0.25) is 4.79 Å². The monoisotopic (exact) mass is 649 g/mol. The summed E-state index contributed by atoms with van der Waals surface area (Å²) in [4.78, 5) is 12.3. The molecule has 2 rings (SSSR count). The number of anilines is 1. The first-order chi connectivity index (χ1) is 13.1. The van der Waals surface area contributed by atoms with Crippen LogP contribution in [-0.2, 0) is 5.67 Å². The van der Waals surface area contributed by atoms with Crippen LogP contribution in [0.4, 0.5) is 40.8 Å². The number of amides is 1. The average Bonchev–Trinajstić information content (AvgIpc) is 2.57. The lowest BCUT2D eigenvalue weighted by Gasteiger charge is -2.31. The average molecular weight is 649 g/mol. The highest BCUT2D eigenvalue weighted by atomic mass is 127. The first kappa shape index (κ1) is 24.1. The molecule has 0 aliphatic carbocycles. The van der Waals surface area contributed by atoms with E-state index < -0.39 is 35.3 Å². The van der Waals surface area contributed by atoms with Gasteiger partial charge in [-0.1, -0.05) is 12.1 Å².